The highest BCUT2D eigenvalue weighted by molar-refractivity contribution is 5.27. The van der Waals surface area contributed by atoms with E-state index in [0.29, 0.717) is 12.3 Å². The van der Waals surface area contributed by atoms with Crippen molar-refractivity contribution in [1.82, 2.24) is 15.1 Å². The molecule has 6 heteroatoms. The van der Waals surface area contributed by atoms with Crippen LogP contribution in [0, 0.1) is 0 Å². The summed E-state index contributed by atoms with van der Waals surface area (Å²) in [6, 6.07) is 1.50. The molecule has 2 aromatic rings. The quantitative estimate of drug-likeness (QED) is 0.923. The highest BCUT2D eigenvalue weighted by Gasteiger charge is 2.21. The van der Waals surface area contributed by atoms with Gasteiger partial charge in [0.25, 0.3) is 0 Å². The molecule has 1 N–H and O–H groups in total. The van der Waals surface area contributed by atoms with Gasteiger partial charge in [0, 0.05) is 36.8 Å². The minimum absolute atomic E-state index is 0.144. The van der Waals surface area contributed by atoms with E-state index in [9.17, 15) is 4.79 Å². The zero-order chi connectivity index (χ0) is 14.8. The van der Waals surface area contributed by atoms with Crippen molar-refractivity contribution in [1.29, 1.82) is 0 Å². The summed E-state index contributed by atoms with van der Waals surface area (Å²) >= 11 is 0. The molecule has 3 heterocycles. The van der Waals surface area contributed by atoms with E-state index >= 15 is 0 Å². The standard InChI is InChI=1S/C15H19N3O3/c1-3-12-11-8-18(5-4-13(11)17-16-12)7-10-6-14(19)15(20-2)9-21-10/h6,9H,3-5,7-8H2,1-2H3,(H,16,17). The predicted octanol–water partition coefficient (Wildman–Crippen LogP) is 1.49. The van der Waals surface area contributed by atoms with Gasteiger partial charge in [0.15, 0.2) is 0 Å². The summed E-state index contributed by atoms with van der Waals surface area (Å²) in [5.41, 5.74) is 3.51. The minimum Gasteiger partial charge on any atom is -0.490 e. The molecule has 0 aliphatic carbocycles. The Labute approximate surface area is 122 Å². The van der Waals surface area contributed by atoms with Gasteiger partial charge < -0.3 is 9.15 Å². The first kappa shape index (κ1) is 13.9. The van der Waals surface area contributed by atoms with E-state index in [1.165, 1.54) is 30.7 Å². The second kappa shape index (κ2) is 5.73. The largest absolute Gasteiger partial charge is 0.490 e. The number of hydrogen-bond donors (Lipinski definition) is 1. The van der Waals surface area contributed by atoms with E-state index in [4.69, 9.17) is 9.15 Å². The van der Waals surface area contributed by atoms with E-state index in [-0.39, 0.29) is 11.2 Å². The lowest BCUT2D eigenvalue weighted by Gasteiger charge is -2.26. The van der Waals surface area contributed by atoms with Gasteiger partial charge in [0.1, 0.15) is 12.0 Å². The van der Waals surface area contributed by atoms with Crippen molar-refractivity contribution in [3.63, 3.8) is 0 Å². The minimum atomic E-state index is -0.144. The lowest BCUT2D eigenvalue weighted by Crippen LogP contribution is -2.30. The third kappa shape index (κ3) is 2.71. The fourth-order valence-corrected chi connectivity index (χ4v) is 2.73. The van der Waals surface area contributed by atoms with E-state index in [2.05, 4.69) is 22.0 Å². The number of aromatic nitrogens is 2. The van der Waals surface area contributed by atoms with E-state index < -0.39 is 0 Å². The molecule has 0 fully saturated rings. The van der Waals surface area contributed by atoms with Gasteiger partial charge in [-0.25, -0.2) is 0 Å². The van der Waals surface area contributed by atoms with Crippen LogP contribution in [0.5, 0.6) is 5.75 Å². The molecular formula is C15H19N3O3. The van der Waals surface area contributed by atoms with Crippen molar-refractivity contribution in [2.75, 3.05) is 13.7 Å². The predicted molar refractivity (Wildman–Crippen MR) is 77.3 cm³/mol. The number of ether oxygens (including phenoxy) is 1. The van der Waals surface area contributed by atoms with Crippen LogP contribution in [0.4, 0.5) is 0 Å². The topological polar surface area (TPSA) is 71.4 Å². The number of aromatic amines is 1. The molecule has 3 rings (SSSR count). The monoisotopic (exact) mass is 289 g/mol. The summed E-state index contributed by atoms with van der Waals surface area (Å²) in [4.78, 5) is 14.0. The molecule has 0 amide bonds. The van der Waals surface area contributed by atoms with Gasteiger partial charge in [-0.3, -0.25) is 14.8 Å². The van der Waals surface area contributed by atoms with Crippen LogP contribution in [-0.2, 0) is 25.9 Å². The Hall–Kier alpha value is -2.08. The van der Waals surface area contributed by atoms with Crippen LogP contribution in [0.1, 0.15) is 29.6 Å². The molecular weight excluding hydrogens is 270 g/mol. The number of nitrogens with zero attached hydrogens (tertiary/aromatic N) is 2. The Morgan fingerprint density at radius 2 is 2.38 bits per heavy atom. The number of methoxy groups -OCH3 is 1. The van der Waals surface area contributed by atoms with Crippen LogP contribution in [0.25, 0.3) is 0 Å². The van der Waals surface area contributed by atoms with E-state index in [1.54, 1.807) is 0 Å². The van der Waals surface area contributed by atoms with Gasteiger partial charge in [0.05, 0.1) is 19.3 Å². The molecule has 2 aromatic heterocycles. The molecule has 1 aliphatic heterocycles. The van der Waals surface area contributed by atoms with Crippen molar-refractivity contribution in [2.24, 2.45) is 0 Å². The van der Waals surface area contributed by atoms with Crippen LogP contribution in [0.15, 0.2) is 21.5 Å². The molecule has 0 radical (unpaired) electrons. The van der Waals surface area contributed by atoms with E-state index in [0.717, 1.165) is 31.6 Å². The van der Waals surface area contributed by atoms with Crippen molar-refractivity contribution in [3.8, 4) is 5.75 Å². The van der Waals surface area contributed by atoms with Gasteiger partial charge in [-0.2, -0.15) is 5.10 Å². The Bertz CT molecular complexity index is 676. The molecule has 6 nitrogen and oxygen atoms in total. The number of nitrogens with one attached hydrogen (secondary N) is 1. The number of aryl methyl sites for hydroxylation is 1. The fourth-order valence-electron chi connectivity index (χ4n) is 2.73. The highest BCUT2D eigenvalue weighted by Crippen LogP contribution is 2.22. The molecule has 0 bridgehead atoms. The SMILES string of the molecule is CCc1n[nH]c2c1CN(Cc1cc(=O)c(OC)co1)CC2. The molecule has 112 valence electrons. The zero-order valence-corrected chi connectivity index (χ0v) is 12.3. The van der Waals surface area contributed by atoms with Crippen LogP contribution in [-0.4, -0.2) is 28.8 Å². The van der Waals surface area contributed by atoms with Gasteiger partial charge in [-0.1, -0.05) is 6.92 Å². The Morgan fingerprint density at radius 1 is 1.52 bits per heavy atom. The summed E-state index contributed by atoms with van der Waals surface area (Å²) < 4.78 is 10.4. The molecule has 1 aliphatic rings. The summed E-state index contributed by atoms with van der Waals surface area (Å²) in [5.74, 6) is 0.897. The molecule has 0 saturated heterocycles. The zero-order valence-electron chi connectivity index (χ0n) is 12.3. The van der Waals surface area contributed by atoms with Gasteiger partial charge in [0.2, 0.25) is 11.2 Å². The van der Waals surface area contributed by atoms with Crippen molar-refractivity contribution >= 4 is 0 Å². The summed E-state index contributed by atoms with van der Waals surface area (Å²) in [6.45, 7) is 4.49. The Kier molecular flexibility index (Phi) is 3.79. The summed E-state index contributed by atoms with van der Waals surface area (Å²) in [5, 5.41) is 7.47. The number of fused-ring (bicyclic) bond motifs is 1. The second-order valence-corrected chi connectivity index (χ2v) is 5.22. The van der Waals surface area contributed by atoms with Crippen LogP contribution in [0.3, 0.4) is 0 Å². The lowest BCUT2D eigenvalue weighted by molar-refractivity contribution is 0.221. The molecule has 0 unspecified atom stereocenters. The first-order chi connectivity index (χ1) is 10.2. The van der Waals surface area contributed by atoms with Crippen LogP contribution in [0.2, 0.25) is 0 Å². The first-order valence-corrected chi connectivity index (χ1v) is 7.14. The third-order valence-corrected chi connectivity index (χ3v) is 3.88. The summed E-state index contributed by atoms with van der Waals surface area (Å²) in [6.07, 6.45) is 3.25. The van der Waals surface area contributed by atoms with Crippen LogP contribution >= 0.6 is 0 Å². The maximum absolute atomic E-state index is 11.8. The summed E-state index contributed by atoms with van der Waals surface area (Å²) in [7, 11) is 1.46. The van der Waals surface area contributed by atoms with Crippen molar-refractivity contribution in [2.45, 2.75) is 32.9 Å². The Morgan fingerprint density at radius 3 is 3.10 bits per heavy atom. The van der Waals surface area contributed by atoms with Crippen LogP contribution < -0.4 is 10.2 Å². The maximum Gasteiger partial charge on any atom is 0.227 e. The maximum atomic E-state index is 11.8. The van der Waals surface area contributed by atoms with Gasteiger partial charge >= 0.3 is 0 Å². The second-order valence-electron chi connectivity index (χ2n) is 5.22. The van der Waals surface area contributed by atoms with Gasteiger partial charge in [-0.05, 0) is 6.42 Å². The molecule has 21 heavy (non-hydrogen) atoms. The normalized spacial score (nSPS) is 15.0. The molecule has 0 saturated carbocycles. The van der Waals surface area contributed by atoms with E-state index in [1.807, 2.05) is 0 Å². The fraction of sp³-hybridized carbons (Fsp3) is 0.467. The third-order valence-electron chi connectivity index (χ3n) is 3.88. The number of H-pyrrole nitrogens is 1. The van der Waals surface area contributed by atoms with Gasteiger partial charge in [-0.15, -0.1) is 0 Å². The smallest absolute Gasteiger partial charge is 0.227 e. The lowest BCUT2D eigenvalue weighted by atomic mass is 10.0. The molecule has 0 spiro atoms. The molecule has 0 aromatic carbocycles. The highest BCUT2D eigenvalue weighted by atomic mass is 16.5. The van der Waals surface area contributed by atoms with Crippen molar-refractivity contribution < 1.29 is 9.15 Å². The average Bonchev–Trinajstić information content (AvgIpc) is 2.90. The number of rotatable bonds is 4. The molecule has 0 atom stereocenters. The average molecular weight is 289 g/mol. The van der Waals surface area contributed by atoms with Crippen molar-refractivity contribution in [3.05, 3.63) is 45.3 Å². The first-order valence-electron chi connectivity index (χ1n) is 7.14. The number of hydrogen-bond acceptors (Lipinski definition) is 5. The Balaban J connectivity index is 1.75.